The Morgan fingerprint density at radius 2 is 1.96 bits per heavy atom. The number of amides is 1. The lowest BCUT2D eigenvalue weighted by atomic mass is 10.3. The molecule has 0 unspecified atom stereocenters. The van der Waals surface area contributed by atoms with Gasteiger partial charge >= 0.3 is 0 Å². The smallest absolute Gasteiger partial charge is 0.263 e. The molecule has 0 fully saturated rings. The lowest BCUT2D eigenvalue weighted by Crippen LogP contribution is -2.15. The van der Waals surface area contributed by atoms with E-state index in [1.54, 1.807) is 36.4 Å². The van der Waals surface area contributed by atoms with Gasteiger partial charge in [0, 0.05) is 17.6 Å². The van der Waals surface area contributed by atoms with Crippen LogP contribution in [0.25, 0.3) is 0 Å². The molecule has 2 rings (SSSR count). The number of pyridine rings is 1. The first-order chi connectivity index (χ1) is 11.5. The molecule has 2 N–H and O–H groups in total. The molecule has 24 heavy (non-hydrogen) atoms. The van der Waals surface area contributed by atoms with E-state index in [0.29, 0.717) is 17.2 Å². The summed E-state index contributed by atoms with van der Waals surface area (Å²) in [5.74, 6) is 1.11. The van der Waals surface area contributed by atoms with Crippen molar-refractivity contribution in [1.29, 1.82) is 0 Å². The molecule has 0 aliphatic rings. The molecule has 0 saturated heterocycles. The number of rotatable bonds is 8. The molecule has 2 aromatic rings. The maximum absolute atomic E-state index is 12.3. The third-order valence-corrected chi connectivity index (χ3v) is 5.13. The molecule has 126 valence electrons. The zero-order valence-electron chi connectivity index (χ0n) is 12.8. The first-order valence-corrected chi connectivity index (χ1v) is 9.67. The summed E-state index contributed by atoms with van der Waals surface area (Å²) in [6.45, 7) is 3.58. The standard InChI is InChI=1S/C16H17N3O3S2/c1-2-11-23-12-16(20)18-13-6-8-14(9-7-13)24(21,22)19-15-5-3-4-10-17-15/h2-10H,1,11-12H2,(H,17,19)(H,18,20). The van der Waals surface area contributed by atoms with Gasteiger partial charge < -0.3 is 5.32 Å². The molecule has 0 spiro atoms. The number of nitrogens with zero attached hydrogens (tertiary/aromatic N) is 1. The fourth-order valence-corrected chi connectivity index (χ4v) is 3.32. The van der Waals surface area contributed by atoms with Crippen molar-refractivity contribution in [1.82, 2.24) is 4.98 Å². The van der Waals surface area contributed by atoms with Gasteiger partial charge in [0.15, 0.2) is 0 Å². The van der Waals surface area contributed by atoms with Crippen LogP contribution in [0.15, 0.2) is 66.2 Å². The van der Waals surface area contributed by atoms with Crippen LogP contribution in [0, 0.1) is 0 Å². The number of carbonyl (C=O) groups excluding carboxylic acids is 1. The number of nitrogens with one attached hydrogen (secondary N) is 2. The molecule has 1 amide bonds. The molecule has 0 saturated carbocycles. The van der Waals surface area contributed by atoms with Gasteiger partial charge in [0.25, 0.3) is 10.0 Å². The van der Waals surface area contributed by atoms with Crippen molar-refractivity contribution in [2.24, 2.45) is 0 Å². The zero-order chi connectivity index (χ0) is 17.4. The Bertz CT molecular complexity index is 791. The molecule has 0 bridgehead atoms. The normalized spacial score (nSPS) is 10.8. The number of carbonyl (C=O) groups is 1. The summed E-state index contributed by atoms with van der Waals surface area (Å²) in [5, 5.41) is 2.71. The van der Waals surface area contributed by atoms with Gasteiger partial charge in [-0.05, 0) is 36.4 Å². The van der Waals surface area contributed by atoms with Crippen LogP contribution in [0.5, 0.6) is 0 Å². The van der Waals surface area contributed by atoms with E-state index in [2.05, 4.69) is 21.6 Å². The Kier molecular flexibility index (Phi) is 6.39. The van der Waals surface area contributed by atoms with Crippen LogP contribution < -0.4 is 10.0 Å². The molecule has 1 aromatic carbocycles. The van der Waals surface area contributed by atoms with Gasteiger partial charge in [-0.15, -0.1) is 18.3 Å². The second-order valence-electron chi connectivity index (χ2n) is 4.70. The highest BCUT2D eigenvalue weighted by Crippen LogP contribution is 2.17. The van der Waals surface area contributed by atoms with Crippen molar-refractivity contribution in [3.63, 3.8) is 0 Å². The van der Waals surface area contributed by atoms with Crippen LogP contribution in [0.1, 0.15) is 0 Å². The maximum Gasteiger partial charge on any atom is 0.263 e. The Hall–Kier alpha value is -2.32. The molecule has 8 heteroatoms. The van der Waals surface area contributed by atoms with Crippen molar-refractivity contribution < 1.29 is 13.2 Å². The molecule has 0 atom stereocenters. The number of sulfonamides is 1. The Balaban J connectivity index is 2.00. The van der Waals surface area contributed by atoms with Crippen LogP contribution in [0.4, 0.5) is 11.5 Å². The highest BCUT2D eigenvalue weighted by Gasteiger charge is 2.14. The van der Waals surface area contributed by atoms with Crippen LogP contribution in [-0.2, 0) is 14.8 Å². The van der Waals surface area contributed by atoms with Crippen molar-refractivity contribution >= 4 is 39.2 Å². The number of anilines is 2. The monoisotopic (exact) mass is 363 g/mol. The van der Waals surface area contributed by atoms with Crippen LogP contribution >= 0.6 is 11.8 Å². The van der Waals surface area contributed by atoms with E-state index in [1.807, 2.05) is 0 Å². The second-order valence-corrected chi connectivity index (χ2v) is 7.41. The Labute approximate surface area is 145 Å². The minimum absolute atomic E-state index is 0.0900. The summed E-state index contributed by atoms with van der Waals surface area (Å²) in [7, 11) is -3.72. The Morgan fingerprint density at radius 3 is 2.58 bits per heavy atom. The molecule has 6 nitrogen and oxygen atoms in total. The molecule has 0 aliphatic carbocycles. The average Bonchev–Trinajstić information content (AvgIpc) is 2.56. The molecular weight excluding hydrogens is 346 g/mol. The van der Waals surface area contributed by atoms with E-state index in [4.69, 9.17) is 0 Å². The lowest BCUT2D eigenvalue weighted by molar-refractivity contribution is -0.113. The van der Waals surface area contributed by atoms with Crippen molar-refractivity contribution in [3.05, 3.63) is 61.3 Å². The average molecular weight is 363 g/mol. The number of thioether (sulfide) groups is 1. The number of aromatic nitrogens is 1. The highest BCUT2D eigenvalue weighted by atomic mass is 32.2. The number of benzene rings is 1. The van der Waals surface area contributed by atoms with Crippen LogP contribution in [0.2, 0.25) is 0 Å². The summed E-state index contributed by atoms with van der Waals surface area (Å²) in [6, 6.07) is 10.9. The third-order valence-electron chi connectivity index (χ3n) is 2.82. The minimum Gasteiger partial charge on any atom is -0.325 e. The van der Waals surface area contributed by atoms with E-state index >= 15 is 0 Å². The Morgan fingerprint density at radius 1 is 1.21 bits per heavy atom. The summed E-state index contributed by atoms with van der Waals surface area (Å²) in [4.78, 5) is 15.7. The number of hydrogen-bond acceptors (Lipinski definition) is 5. The zero-order valence-corrected chi connectivity index (χ0v) is 14.4. The van der Waals surface area contributed by atoms with Gasteiger partial charge in [-0.1, -0.05) is 12.1 Å². The molecule has 0 radical (unpaired) electrons. The molecule has 1 heterocycles. The first-order valence-electron chi connectivity index (χ1n) is 7.03. The topological polar surface area (TPSA) is 88.2 Å². The fourth-order valence-electron chi connectivity index (χ4n) is 1.77. The van der Waals surface area contributed by atoms with E-state index in [9.17, 15) is 13.2 Å². The summed E-state index contributed by atoms with van der Waals surface area (Å²) < 4.78 is 26.9. The van der Waals surface area contributed by atoms with Crippen LogP contribution in [-0.4, -0.2) is 30.8 Å². The van der Waals surface area contributed by atoms with E-state index < -0.39 is 10.0 Å². The van der Waals surface area contributed by atoms with E-state index in [-0.39, 0.29) is 16.6 Å². The van der Waals surface area contributed by atoms with Gasteiger partial charge in [-0.25, -0.2) is 13.4 Å². The minimum atomic E-state index is -3.72. The largest absolute Gasteiger partial charge is 0.325 e. The lowest BCUT2D eigenvalue weighted by Gasteiger charge is -2.08. The first kappa shape index (κ1) is 18.0. The fraction of sp³-hybridized carbons (Fsp3) is 0.125. The van der Waals surface area contributed by atoms with Crippen molar-refractivity contribution in [3.8, 4) is 0 Å². The highest BCUT2D eigenvalue weighted by molar-refractivity contribution is 8.00. The summed E-state index contributed by atoms with van der Waals surface area (Å²) in [5.41, 5.74) is 0.538. The van der Waals surface area contributed by atoms with Gasteiger partial charge in [0.05, 0.1) is 10.6 Å². The van der Waals surface area contributed by atoms with E-state index in [1.165, 1.54) is 30.1 Å². The van der Waals surface area contributed by atoms with Crippen molar-refractivity contribution in [2.45, 2.75) is 4.90 Å². The SMILES string of the molecule is C=CCSCC(=O)Nc1ccc(S(=O)(=O)Nc2ccccn2)cc1. The quantitative estimate of drug-likeness (QED) is 0.556. The van der Waals surface area contributed by atoms with Gasteiger partial charge in [0.2, 0.25) is 5.91 Å². The van der Waals surface area contributed by atoms with Gasteiger partial charge in [-0.3, -0.25) is 9.52 Å². The van der Waals surface area contributed by atoms with Gasteiger partial charge in [-0.2, -0.15) is 0 Å². The third kappa shape index (κ3) is 5.39. The molecule has 1 aromatic heterocycles. The summed E-state index contributed by atoms with van der Waals surface area (Å²) in [6.07, 6.45) is 3.23. The molecular formula is C16H17N3O3S2. The number of hydrogen-bond donors (Lipinski definition) is 2. The maximum atomic E-state index is 12.3. The van der Waals surface area contributed by atoms with E-state index in [0.717, 1.165) is 0 Å². The van der Waals surface area contributed by atoms with Crippen LogP contribution in [0.3, 0.4) is 0 Å². The van der Waals surface area contributed by atoms with Gasteiger partial charge in [0.1, 0.15) is 5.82 Å². The second kappa shape index (κ2) is 8.51. The molecule has 0 aliphatic heterocycles. The predicted molar refractivity (Wildman–Crippen MR) is 97.6 cm³/mol. The summed E-state index contributed by atoms with van der Waals surface area (Å²) >= 11 is 1.45. The van der Waals surface area contributed by atoms with Crippen molar-refractivity contribution in [2.75, 3.05) is 21.5 Å². The predicted octanol–water partition coefficient (Wildman–Crippen LogP) is 2.74.